The maximum atomic E-state index is 5.64. The summed E-state index contributed by atoms with van der Waals surface area (Å²) in [6.07, 6.45) is 0. The zero-order chi connectivity index (χ0) is 11.2. The molecule has 0 bridgehead atoms. The lowest BCUT2D eigenvalue weighted by Crippen LogP contribution is -2.21. The molecule has 0 spiro atoms. The molecule has 0 aromatic heterocycles. The number of benzene rings is 1. The predicted octanol–water partition coefficient (Wildman–Crippen LogP) is 1.45. The summed E-state index contributed by atoms with van der Waals surface area (Å²) in [6, 6.07) is 5.71. The zero-order valence-corrected chi connectivity index (χ0v) is 9.49. The highest BCUT2D eigenvalue weighted by atomic mass is 16.6. The molecule has 0 saturated carbocycles. The van der Waals surface area contributed by atoms with Gasteiger partial charge in [0.05, 0.1) is 0 Å². The molecule has 88 valence electrons. The van der Waals surface area contributed by atoms with Crippen molar-refractivity contribution < 1.29 is 14.2 Å². The summed E-state index contributed by atoms with van der Waals surface area (Å²) in [5.41, 5.74) is 0. The van der Waals surface area contributed by atoms with Crippen LogP contribution in [0.1, 0.15) is 6.92 Å². The van der Waals surface area contributed by atoms with Crippen LogP contribution in [0.4, 0.5) is 0 Å². The second-order valence-electron chi connectivity index (χ2n) is 3.48. The van der Waals surface area contributed by atoms with Crippen molar-refractivity contribution in [2.24, 2.45) is 0 Å². The second kappa shape index (κ2) is 5.61. The van der Waals surface area contributed by atoms with Crippen LogP contribution < -0.4 is 19.5 Å². The average molecular weight is 223 g/mol. The molecule has 2 rings (SSSR count). The molecule has 1 heterocycles. The topological polar surface area (TPSA) is 39.7 Å². The smallest absolute Gasteiger partial charge is 0.203 e. The fourth-order valence-corrected chi connectivity index (χ4v) is 1.57. The van der Waals surface area contributed by atoms with Gasteiger partial charge in [-0.25, -0.2) is 0 Å². The van der Waals surface area contributed by atoms with E-state index in [1.807, 2.05) is 18.2 Å². The summed E-state index contributed by atoms with van der Waals surface area (Å²) >= 11 is 0. The second-order valence-corrected chi connectivity index (χ2v) is 3.48. The summed E-state index contributed by atoms with van der Waals surface area (Å²) in [4.78, 5) is 0. The monoisotopic (exact) mass is 223 g/mol. The predicted molar refractivity (Wildman–Crippen MR) is 61.5 cm³/mol. The molecule has 1 N–H and O–H groups in total. The first kappa shape index (κ1) is 11.1. The number of rotatable bonds is 5. The maximum absolute atomic E-state index is 5.64. The minimum atomic E-state index is 0.584. The van der Waals surface area contributed by atoms with Crippen LogP contribution in [0.25, 0.3) is 0 Å². The number of ether oxygens (including phenoxy) is 3. The van der Waals surface area contributed by atoms with E-state index in [4.69, 9.17) is 14.2 Å². The number of hydrogen-bond donors (Lipinski definition) is 1. The third-order valence-electron chi connectivity index (χ3n) is 2.32. The van der Waals surface area contributed by atoms with E-state index in [0.717, 1.165) is 30.3 Å². The van der Waals surface area contributed by atoms with E-state index in [2.05, 4.69) is 12.2 Å². The largest absolute Gasteiger partial charge is 0.488 e. The molecule has 0 saturated heterocycles. The Kier molecular flexibility index (Phi) is 3.88. The Balaban J connectivity index is 1.97. The fraction of sp³-hybridized carbons (Fsp3) is 0.500. The summed E-state index contributed by atoms with van der Waals surface area (Å²) in [6.45, 7) is 5.68. The highest BCUT2D eigenvalue weighted by molar-refractivity contribution is 5.51. The van der Waals surface area contributed by atoms with E-state index < -0.39 is 0 Å². The van der Waals surface area contributed by atoms with Crippen molar-refractivity contribution in [3.05, 3.63) is 18.2 Å². The Morgan fingerprint density at radius 3 is 3.06 bits per heavy atom. The van der Waals surface area contributed by atoms with E-state index in [1.54, 1.807) is 0 Å². The summed E-state index contributed by atoms with van der Waals surface area (Å²) in [7, 11) is 0. The van der Waals surface area contributed by atoms with Gasteiger partial charge in [0.2, 0.25) is 5.75 Å². The van der Waals surface area contributed by atoms with Gasteiger partial charge in [0, 0.05) is 6.54 Å². The highest BCUT2D eigenvalue weighted by Gasteiger charge is 2.16. The number of nitrogens with one attached hydrogen (secondary N) is 1. The van der Waals surface area contributed by atoms with Crippen LogP contribution in [0.15, 0.2) is 18.2 Å². The quantitative estimate of drug-likeness (QED) is 0.767. The minimum absolute atomic E-state index is 0.584. The van der Waals surface area contributed by atoms with Crippen LogP contribution in [-0.4, -0.2) is 32.9 Å². The molecule has 4 nitrogen and oxygen atoms in total. The van der Waals surface area contributed by atoms with Crippen molar-refractivity contribution in [3.8, 4) is 17.2 Å². The maximum Gasteiger partial charge on any atom is 0.203 e. The van der Waals surface area contributed by atoms with Crippen molar-refractivity contribution in [1.29, 1.82) is 0 Å². The van der Waals surface area contributed by atoms with Crippen molar-refractivity contribution in [2.45, 2.75) is 6.92 Å². The number of hydrogen-bond acceptors (Lipinski definition) is 4. The Morgan fingerprint density at radius 1 is 1.31 bits per heavy atom. The molecule has 0 atom stereocenters. The number of likely N-dealkylation sites (N-methyl/N-ethyl adjacent to an activating group) is 1. The number of para-hydroxylation sites is 1. The molecule has 1 aromatic carbocycles. The van der Waals surface area contributed by atoms with E-state index in [9.17, 15) is 0 Å². The molecule has 0 fully saturated rings. The average Bonchev–Trinajstić information content (AvgIpc) is 2.35. The molecule has 1 aliphatic heterocycles. The van der Waals surface area contributed by atoms with Gasteiger partial charge >= 0.3 is 0 Å². The third kappa shape index (κ3) is 2.58. The van der Waals surface area contributed by atoms with Gasteiger partial charge in [-0.1, -0.05) is 13.0 Å². The zero-order valence-electron chi connectivity index (χ0n) is 9.49. The van der Waals surface area contributed by atoms with Crippen LogP contribution in [0.3, 0.4) is 0 Å². The van der Waals surface area contributed by atoms with Crippen LogP contribution >= 0.6 is 0 Å². The third-order valence-corrected chi connectivity index (χ3v) is 2.32. The van der Waals surface area contributed by atoms with Crippen LogP contribution in [-0.2, 0) is 0 Å². The number of fused-ring (bicyclic) bond motifs is 1. The fourth-order valence-electron chi connectivity index (χ4n) is 1.57. The first-order chi connectivity index (χ1) is 7.92. The lowest BCUT2D eigenvalue weighted by Gasteiger charge is -2.20. The molecule has 0 aliphatic carbocycles. The van der Waals surface area contributed by atoms with Gasteiger partial charge in [-0.3, -0.25) is 0 Å². The Morgan fingerprint density at radius 2 is 2.19 bits per heavy atom. The standard InChI is InChI=1S/C12H17NO3/c1-2-13-6-7-14-10-4-3-5-11-12(10)16-9-8-15-11/h3-5,13H,2,6-9H2,1H3. The first-order valence-electron chi connectivity index (χ1n) is 5.64. The lowest BCUT2D eigenvalue weighted by atomic mass is 10.3. The lowest BCUT2D eigenvalue weighted by molar-refractivity contribution is 0.162. The van der Waals surface area contributed by atoms with Gasteiger partial charge in [0.1, 0.15) is 19.8 Å². The van der Waals surface area contributed by atoms with E-state index in [1.165, 1.54) is 0 Å². The molecular formula is C12H17NO3. The molecule has 16 heavy (non-hydrogen) atoms. The first-order valence-corrected chi connectivity index (χ1v) is 5.64. The van der Waals surface area contributed by atoms with Crippen molar-refractivity contribution in [1.82, 2.24) is 5.32 Å². The molecule has 0 unspecified atom stereocenters. The van der Waals surface area contributed by atoms with Gasteiger partial charge < -0.3 is 19.5 Å². The summed E-state index contributed by atoms with van der Waals surface area (Å²) in [5, 5.41) is 3.20. The molecule has 1 aliphatic rings. The van der Waals surface area contributed by atoms with Gasteiger partial charge in [0.25, 0.3) is 0 Å². The Hall–Kier alpha value is -1.42. The molecule has 0 amide bonds. The van der Waals surface area contributed by atoms with Crippen molar-refractivity contribution in [3.63, 3.8) is 0 Å². The highest BCUT2D eigenvalue weighted by Crippen LogP contribution is 2.38. The van der Waals surface area contributed by atoms with Crippen LogP contribution in [0.5, 0.6) is 17.2 Å². The van der Waals surface area contributed by atoms with Gasteiger partial charge in [-0.2, -0.15) is 0 Å². The van der Waals surface area contributed by atoms with Crippen LogP contribution in [0.2, 0.25) is 0 Å². The van der Waals surface area contributed by atoms with Gasteiger partial charge in [-0.05, 0) is 18.7 Å². The molecule has 0 radical (unpaired) electrons. The SMILES string of the molecule is CCNCCOc1cccc2c1OCCO2. The van der Waals surface area contributed by atoms with Crippen LogP contribution in [0, 0.1) is 0 Å². The Bertz CT molecular complexity index is 341. The molecular weight excluding hydrogens is 206 g/mol. The van der Waals surface area contributed by atoms with E-state index in [-0.39, 0.29) is 0 Å². The van der Waals surface area contributed by atoms with Crippen molar-refractivity contribution in [2.75, 3.05) is 32.9 Å². The summed E-state index contributed by atoms with van der Waals surface area (Å²) in [5.74, 6) is 2.26. The van der Waals surface area contributed by atoms with Crippen molar-refractivity contribution >= 4 is 0 Å². The molecule has 1 aromatic rings. The van der Waals surface area contributed by atoms with E-state index >= 15 is 0 Å². The van der Waals surface area contributed by atoms with E-state index in [0.29, 0.717) is 19.8 Å². The Labute approximate surface area is 95.5 Å². The van der Waals surface area contributed by atoms with Gasteiger partial charge in [0.15, 0.2) is 11.5 Å². The molecule has 4 heteroatoms. The minimum Gasteiger partial charge on any atom is -0.488 e. The van der Waals surface area contributed by atoms with Gasteiger partial charge in [-0.15, -0.1) is 0 Å². The normalized spacial score (nSPS) is 13.6. The summed E-state index contributed by atoms with van der Waals surface area (Å²) < 4.78 is 16.7.